The number of amides is 2. The number of carbonyl (C=O) groups excluding carboxylic acids is 2. The van der Waals surface area contributed by atoms with Gasteiger partial charge in [-0.15, -0.1) is 0 Å². The Morgan fingerprint density at radius 1 is 0.838 bits per heavy atom. The first kappa shape index (κ1) is 24.0. The van der Waals surface area contributed by atoms with Crippen LogP contribution in [0.4, 0.5) is 24.5 Å². The number of nitrogens with one attached hydrogen (secondary N) is 2. The van der Waals surface area contributed by atoms with Crippen LogP contribution in [-0.4, -0.2) is 18.9 Å². The predicted molar refractivity (Wildman–Crippen MR) is 131 cm³/mol. The zero-order valence-corrected chi connectivity index (χ0v) is 19.5. The van der Waals surface area contributed by atoms with Gasteiger partial charge in [-0.2, -0.15) is 13.2 Å². The minimum Gasteiger partial charge on any atom is -0.497 e. The summed E-state index contributed by atoms with van der Waals surface area (Å²) in [5.41, 5.74) is 0.0955. The molecule has 5 rings (SSSR count). The molecule has 0 atom stereocenters. The monoisotopic (exact) mass is 508 g/mol. The van der Waals surface area contributed by atoms with Gasteiger partial charge in [0.05, 0.1) is 18.2 Å². The number of carbonyl (C=O) groups is 2. The number of halogens is 3. The zero-order valence-electron chi connectivity index (χ0n) is 19.5. The average Bonchev–Trinajstić information content (AvgIpc) is 3.40. The van der Waals surface area contributed by atoms with Crippen molar-refractivity contribution in [1.29, 1.82) is 0 Å². The lowest BCUT2D eigenvalue weighted by molar-refractivity contribution is -0.137. The second-order valence-corrected chi connectivity index (χ2v) is 8.18. The third kappa shape index (κ3) is 4.49. The van der Waals surface area contributed by atoms with Gasteiger partial charge in [-0.3, -0.25) is 9.59 Å². The largest absolute Gasteiger partial charge is 0.497 e. The molecule has 5 aromatic rings. The highest BCUT2D eigenvalue weighted by Gasteiger charge is 2.31. The van der Waals surface area contributed by atoms with E-state index in [-0.39, 0.29) is 22.7 Å². The van der Waals surface area contributed by atoms with Crippen molar-refractivity contribution in [3.8, 4) is 5.75 Å². The molecule has 10 heteroatoms. The Kier molecular flexibility index (Phi) is 5.87. The SMILES string of the molecule is COc1ccc2oc(C)c(C(=O)Nc3c(C(=O)Nc4cccc(C(F)(F)F)c4)oc4ccccc34)c2c1. The van der Waals surface area contributed by atoms with E-state index in [1.54, 1.807) is 49.4 Å². The van der Waals surface area contributed by atoms with E-state index in [0.29, 0.717) is 33.4 Å². The number of methoxy groups -OCH3 is 1. The molecule has 2 heterocycles. The van der Waals surface area contributed by atoms with E-state index in [9.17, 15) is 22.8 Å². The molecule has 2 N–H and O–H groups in total. The highest BCUT2D eigenvalue weighted by atomic mass is 19.4. The topological polar surface area (TPSA) is 93.7 Å². The van der Waals surface area contributed by atoms with E-state index < -0.39 is 23.6 Å². The molecule has 7 nitrogen and oxygen atoms in total. The van der Waals surface area contributed by atoms with E-state index in [0.717, 1.165) is 12.1 Å². The molecule has 0 spiro atoms. The van der Waals surface area contributed by atoms with Gasteiger partial charge < -0.3 is 24.2 Å². The molecule has 0 aliphatic rings. The Bertz CT molecular complexity index is 1670. The van der Waals surface area contributed by atoms with E-state index in [4.69, 9.17) is 13.6 Å². The maximum atomic E-state index is 13.4. The third-order valence-corrected chi connectivity index (χ3v) is 5.79. The second-order valence-electron chi connectivity index (χ2n) is 8.18. The van der Waals surface area contributed by atoms with Gasteiger partial charge >= 0.3 is 6.18 Å². The van der Waals surface area contributed by atoms with Crippen LogP contribution in [0.3, 0.4) is 0 Å². The number of para-hydroxylation sites is 1. The van der Waals surface area contributed by atoms with Crippen LogP contribution in [0.1, 0.15) is 32.2 Å². The number of aryl methyl sites for hydroxylation is 1. The van der Waals surface area contributed by atoms with Crippen molar-refractivity contribution in [1.82, 2.24) is 0 Å². The normalized spacial score (nSPS) is 11.6. The van der Waals surface area contributed by atoms with Crippen LogP contribution >= 0.6 is 0 Å². The maximum Gasteiger partial charge on any atom is 0.416 e. The molecule has 0 aliphatic heterocycles. The number of furan rings is 2. The molecular formula is C27H19F3N2O5. The molecule has 0 bridgehead atoms. The number of hydrogen-bond acceptors (Lipinski definition) is 5. The van der Waals surface area contributed by atoms with Gasteiger partial charge in [0.25, 0.3) is 11.8 Å². The van der Waals surface area contributed by atoms with Crippen molar-refractivity contribution in [3.05, 3.63) is 89.4 Å². The van der Waals surface area contributed by atoms with E-state index in [2.05, 4.69) is 10.6 Å². The second kappa shape index (κ2) is 9.05. The summed E-state index contributed by atoms with van der Waals surface area (Å²) in [6.45, 7) is 1.64. The minimum absolute atomic E-state index is 0.0710. The zero-order chi connectivity index (χ0) is 26.3. The van der Waals surface area contributed by atoms with Gasteiger partial charge in [0, 0.05) is 16.5 Å². The maximum absolute atomic E-state index is 13.4. The lowest BCUT2D eigenvalue weighted by atomic mass is 10.1. The van der Waals surface area contributed by atoms with Crippen molar-refractivity contribution in [3.63, 3.8) is 0 Å². The molecule has 188 valence electrons. The number of alkyl halides is 3. The van der Waals surface area contributed by atoms with Crippen molar-refractivity contribution >= 4 is 45.1 Å². The van der Waals surface area contributed by atoms with Crippen LogP contribution in [0, 0.1) is 6.92 Å². The number of hydrogen-bond donors (Lipinski definition) is 2. The lowest BCUT2D eigenvalue weighted by Crippen LogP contribution is -2.18. The molecule has 0 saturated carbocycles. The van der Waals surface area contributed by atoms with Crippen LogP contribution in [-0.2, 0) is 6.18 Å². The lowest BCUT2D eigenvalue weighted by Gasteiger charge is -2.10. The summed E-state index contributed by atoms with van der Waals surface area (Å²) in [4.78, 5) is 26.6. The van der Waals surface area contributed by atoms with Gasteiger partial charge in [-0.1, -0.05) is 18.2 Å². The third-order valence-electron chi connectivity index (χ3n) is 5.79. The number of ether oxygens (including phenoxy) is 1. The summed E-state index contributed by atoms with van der Waals surface area (Å²) in [5.74, 6) is -0.791. The highest BCUT2D eigenvalue weighted by molar-refractivity contribution is 6.19. The standard InChI is InChI=1S/C27H19F3N2O5/c1-14-22(19-13-17(35-2)10-11-21(19)36-14)25(33)32-23-18-8-3-4-9-20(18)37-24(23)26(34)31-16-7-5-6-15(12-16)27(28,29)30/h3-13H,1-2H3,(H,31,34)(H,32,33). The van der Waals surface area contributed by atoms with E-state index in [1.165, 1.54) is 19.2 Å². The van der Waals surface area contributed by atoms with Crippen LogP contribution in [0.15, 0.2) is 75.6 Å². The fourth-order valence-electron chi connectivity index (χ4n) is 4.07. The Balaban J connectivity index is 1.53. The van der Waals surface area contributed by atoms with Gasteiger partial charge in [0.15, 0.2) is 0 Å². The first-order valence-electron chi connectivity index (χ1n) is 11.0. The van der Waals surface area contributed by atoms with Crippen molar-refractivity contribution in [2.75, 3.05) is 17.7 Å². The molecule has 37 heavy (non-hydrogen) atoms. The molecule has 0 saturated heterocycles. The highest BCUT2D eigenvalue weighted by Crippen LogP contribution is 2.35. The van der Waals surface area contributed by atoms with Crippen LogP contribution in [0.25, 0.3) is 21.9 Å². The fourth-order valence-corrected chi connectivity index (χ4v) is 4.07. The molecule has 2 aromatic heterocycles. The van der Waals surface area contributed by atoms with Crippen LogP contribution < -0.4 is 15.4 Å². The smallest absolute Gasteiger partial charge is 0.416 e. The number of rotatable bonds is 5. The summed E-state index contributed by atoms with van der Waals surface area (Å²) in [6, 6.07) is 15.9. The molecule has 0 fully saturated rings. The average molecular weight is 508 g/mol. The molecule has 2 amide bonds. The first-order valence-corrected chi connectivity index (χ1v) is 11.0. The van der Waals surface area contributed by atoms with E-state index in [1.807, 2.05) is 0 Å². The molecule has 3 aromatic carbocycles. The van der Waals surface area contributed by atoms with Gasteiger partial charge in [0.2, 0.25) is 5.76 Å². The van der Waals surface area contributed by atoms with Crippen molar-refractivity contribution in [2.24, 2.45) is 0 Å². The van der Waals surface area contributed by atoms with Gasteiger partial charge in [0.1, 0.15) is 28.4 Å². The summed E-state index contributed by atoms with van der Waals surface area (Å²) >= 11 is 0. The summed E-state index contributed by atoms with van der Waals surface area (Å²) in [6.07, 6.45) is -4.58. The first-order chi connectivity index (χ1) is 17.7. The quantitative estimate of drug-likeness (QED) is 0.266. The van der Waals surface area contributed by atoms with Crippen LogP contribution in [0.5, 0.6) is 5.75 Å². The Morgan fingerprint density at radius 3 is 2.35 bits per heavy atom. The number of fused-ring (bicyclic) bond motifs is 2. The summed E-state index contributed by atoms with van der Waals surface area (Å²) in [5, 5.41) is 6.10. The predicted octanol–water partition coefficient (Wildman–Crippen LogP) is 7.02. The van der Waals surface area contributed by atoms with E-state index >= 15 is 0 Å². The Hall–Kier alpha value is -4.73. The Morgan fingerprint density at radius 2 is 1.59 bits per heavy atom. The van der Waals surface area contributed by atoms with Crippen molar-refractivity contribution < 1.29 is 36.3 Å². The minimum atomic E-state index is -4.58. The summed E-state index contributed by atoms with van der Waals surface area (Å²) < 4.78 is 56.0. The molecule has 0 aliphatic carbocycles. The molecular weight excluding hydrogens is 489 g/mol. The number of anilines is 2. The fraction of sp³-hybridized carbons (Fsp3) is 0.111. The Labute approximate surface area is 207 Å². The molecule has 0 unspecified atom stereocenters. The van der Waals surface area contributed by atoms with Crippen molar-refractivity contribution in [2.45, 2.75) is 13.1 Å². The number of benzene rings is 3. The van der Waals surface area contributed by atoms with Gasteiger partial charge in [-0.05, 0) is 55.5 Å². The van der Waals surface area contributed by atoms with Crippen LogP contribution in [0.2, 0.25) is 0 Å². The molecule has 0 radical (unpaired) electrons. The van der Waals surface area contributed by atoms with Gasteiger partial charge in [-0.25, -0.2) is 0 Å². The summed E-state index contributed by atoms with van der Waals surface area (Å²) in [7, 11) is 1.50.